The van der Waals surface area contributed by atoms with Crippen LogP contribution in [-0.4, -0.2) is 53.5 Å². The number of hydrogen-bond donors (Lipinski definition) is 1. The van der Waals surface area contributed by atoms with Crippen LogP contribution in [0.5, 0.6) is 0 Å². The number of allylic oxidation sites excluding steroid dienone is 2. The second-order valence-corrected chi connectivity index (χ2v) is 8.70. The lowest BCUT2D eigenvalue weighted by atomic mass is 9.87. The van der Waals surface area contributed by atoms with E-state index in [1.807, 2.05) is 0 Å². The first-order valence-corrected chi connectivity index (χ1v) is 11.4. The topological polar surface area (TPSA) is 58.2 Å². The molecule has 1 N–H and O–H groups in total. The second kappa shape index (κ2) is 10.1. The third-order valence-electron chi connectivity index (χ3n) is 5.87. The summed E-state index contributed by atoms with van der Waals surface area (Å²) in [6.45, 7) is 4.67. The molecule has 0 bridgehead atoms. The van der Waals surface area contributed by atoms with Gasteiger partial charge in [0.05, 0.1) is 13.2 Å². The number of imidazole rings is 1. The molecular weight excluding hydrogens is 421 g/mol. The third kappa shape index (κ3) is 5.33. The predicted octanol–water partition coefficient (Wildman–Crippen LogP) is 4.97. The number of carbonyl (C=O) groups excluding carboxylic acids is 1. The highest BCUT2D eigenvalue weighted by molar-refractivity contribution is 6.40. The molecule has 1 aromatic heterocycles. The van der Waals surface area contributed by atoms with Crippen LogP contribution >= 0.6 is 23.2 Å². The first kappa shape index (κ1) is 21.6. The number of benzene rings is 1. The molecule has 1 aromatic carbocycles. The Kier molecular flexibility index (Phi) is 7.26. The number of ether oxygens (including phenoxy) is 1. The Morgan fingerprint density at radius 1 is 1.20 bits per heavy atom. The van der Waals surface area contributed by atoms with Crippen LogP contribution in [0.15, 0.2) is 24.3 Å². The maximum Gasteiger partial charge on any atom is 0.202 e. The second-order valence-electron chi connectivity index (χ2n) is 7.96. The third-order valence-corrected chi connectivity index (χ3v) is 6.51. The predicted molar refractivity (Wildman–Crippen MR) is 120 cm³/mol. The molecule has 1 aliphatic heterocycles. The number of halogens is 2. The molecule has 30 heavy (non-hydrogen) atoms. The van der Waals surface area contributed by atoms with Gasteiger partial charge in [-0.1, -0.05) is 47.5 Å². The van der Waals surface area contributed by atoms with Crippen LogP contribution in [0.3, 0.4) is 0 Å². The van der Waals surface area contributed by atoms with E-state index in [1.165, 1.54) is 29.5 Å². The first-order chi connectivity index (χ1) is 14.6. The van der Waals surface area contributed by atoms with E-state index in [0.29, 0.717) is 0 Å². The minimum atomic E-state index is -0.109. The minimum absolute atomic E-state index is 0.109. The number of ketones is 1. The fraction of sp³-hybridized carbons (Fsp3) is 0.478. The van der Waals surface area contributed by atoms with Gasteiger partial charge in [-0.05, 0) is 54.4 Å². The lowest BCUT2D eigenvalue weighted by Crippen LogP contribution is -2.37. The Hall–Kier alpha value is -1.66. The molecule has 5 nitrogen and oxygen atoms in total. The van der Waals surface area contributed by atoms with Crippen LogP contribution in [0, 0.1) is 0 Å². The van der Waals surface area contributed by atoms with E-state index in [1.54, 1.807) is 0 Å². The summed E-state index contributed by atoms with van der Waals surface area (Å²) in [6, 6.07) is 6.53. The van der Waals surface area contributed by atoms with Crippen molar-refractivity contribution in [2.45, 2.75) is 38.5 Å². The van der Waals surface area contributed by atoms with Gasteiger partial charge in [0.2, 0.25) is 5.78 Å². The van der Waals surface area contributed by atoms with Crippen LogP contribution < -0.4 is 0 Å². The maximum absolute atomic E-state index is 12.8. The molecule has 0 unspecified atom stereocenters. The summed E-state index contributed by atoms with van der Waals surface area (Å²) in [4.78, 5) is 22.1. The highest BCUT2D eigenvalue weighted by Gasteiger charge is 2.19. The molecule has 0 radical (unpaired) electrons. The van der Waals surface area contributed by atoms with Crippen LogP contribution in [0.2, 0.25) is 10.3 Å². The van der Waals surface area contributed by atoms with Gasteiger partial charge >= 0.3 is 0 Å². The summed E-state index contributed by atoms with van der Waals surface area (Å²) in [6.07, 6.45) is 8.20. The summed E-state index contributed by atoms with van der Waals surface area (Å²) < 4.78 is 5.44. The van der Waals surface area contributed by atoms with Gasteiger partial charge in [0.25, 0.3) is 0 Å². The molecule has 7 heteroatoms. The van der Waals surface area contributed by atoms with Gasteiger partial charge in [-0.25, -0.2) is 4.98 Å². The van der Waals surface area contributed by atoms with E-state index in [-0.39, 0.29) is 28.3 Å². The van der Waals surface area contributed by atoms with Crippen molar-refractivity contribution in [1.82, 2.24) is 14.9 Å². The SMILES string of the molecule is O=C(Cc1ccc(CCN2CCOCC2)cc1C1=CCCCC1)c1nc(Cl)c(Cl)[nH]1. The van der Waals surface area contributed by atoms with Gasteiger partial charge in [0.1, 0.15) is 5.15 Å². The number of carbonyl (C=O) groups is 1. The average Bonchev–Trinajstić information content (AvgIpc) is 3.13. The number of Topliss-reactive ketones (excluding diaryl/α,β-unsaturated/α-hetero) is 1. The van der Waals surface area contributed by atoms with Gasteiger partial charge in [-0.15, -0.1) is 0 Å². The molecule has 2 aromatic rings. The van der Waals surface area contributed by atoms with Gasteiger partial charge < -0.3 is 9.72 Å². The molecule has 2 aliphatic rings. The van der Waals surface area contributed by atoms with Gasteiger partial charge in [-0.2, -0.15) is 0 Å². The Balaban J connectivity index is 1.54. The van der Waals surface area contributed by atoms with Crippen LogP contribution in [0.1, 0.15) is 53.0 Å². The summed E-state index contributed by atoms with van der Waals surface area (Å²) in [5.74, 6) is 0.104. The standard InChI is InChI=1S/C23H27Cl2N3O2/c24-21-22(25)27-23(26-21)20(29)15-18-7-6-16(8-9-28-10-12-30-13-11-28)14-19(18)17-4-2-1-3-5-17/h4,6-7,14H,1-3,5,8-13,15H2,(H,26,27). The molecule has 4 rings (SSSR count). The van der Waals surface area contributed by atoms with Crippen molar-refractivity contribution in [3.63, 3.8) is 0 Å². The lowest BCUT2D eigenvalue weighted by molar-refractivity contribution is 0.0384. The summed E-state index contributed by atoms with van der Waals surface area (Å²) in [7, 11) is 0. The summed E-state index contributed by atoms with van der Waals surface area (Å²) in [5, 5.41) is 0.336. The minimum Gasteiger partial charge on any atom is -0.379 e. The van der Waals surface area contributed by atoms with Crippen molar-refractivity contribution in [2.75, 3.05) is 32.8 Å². The van der Waals surface area contributed by atoms with Gasteiger partial charge in [0, 0.05) is 26.1 Å². The van der Waals surface area contributed by atoms with Crippen molar-refractivity contribution in [1.29, 1.82) is 0 Å². The normalized spacial score (nSPS) is 17.7. The molecular formula is C23H27Cl2N3O2. The van der Waals surface area contributed by atoms with E-state index < -0.39 is 0 Å². The number of nitrogens with zero attached hydrogens (tertiary/aromatic N) is 2. The van der Waals surface area contributed by atoms with E-state index in [2.05, 4.69) is 39.1 Å². The Morgan fingerprint density at radius 2 is 2.03 bits per heavy atom. The molecule has 1 fully saturated rings. The Morgan fingerprint density at radius 3 is 2.73 bits per heavy atom. The van der Waals surface area contributed by atoms with Gasteiger partial charge in [-0.3, -0.25) is 9.69 Å². The molecule has 1 saturated heterocycles. The maximum atomic E-state index is 12.8. The Bertz CT molecular complexity index is 913. The number of morpholine rings is 1. The van der Waals surface area contributed by atoms with E-state index in [4.69, 9.17) is 27.9 Å². The quantitative estimate of drug-likeness (QED) is 0.608. The smallest absolute Gasteiger partial charge is 0.202 e. The fourth-order valence-corrected chi connectivity index (χ4v) is 4.41. The molecule has 0 amide bonds. The zero-order valence-corrected chi connectivity index (χ0v) is 18.6. The van der Waals surface area contributed by atoms with Crippen LogP contribution in [0.4, 0.5) is 0 Å². The number of hydrogen-bond acceptors (Lipinski definition) is 4. The average molecular weight is 448 g/mol. The van der Waals surface area contributed by atoms with E-state index in [0.717, 1.165) is 57.7 Å². The molecule has 160 valence electrons. The van der Waals surface area contributed by atoms with Crippen LogP contribution in [-0.2, 0) is 17.6 Å². The molecule has 0 spiro atoms. The van der Waals surface area contributed by atoms with Crippen LogP contribution in [0.25, 0.3) is 5.57 Å². The fourth-order valence-electron chi connectivity index (χ4n) is 4.15. The van der Waals surface area contributed by atoms with Crippen molar-refractivity contribution < 1.29 is 9.53 Å². The summed E-state index contributed by atoms with van der Waals surface area (Å²) in [5.41, 5.74) is 4.90. The van der Waals surface area contributed by atoms with Crippen molar-refractivity contribution in [2.24, 2.45) is 0 Å². The van der Waals surface area contributed by atoms with E-state index in [9.17, 15) is 4.79 Å². The zero-order valence-electron chi connectivity index (χ0n) is 17.1. The number of aromatic nitrogens is 2. The molecule has 0 atom stereocenters. The van der Waals surface area contributed by atoms with E-state index >= 15 is 0 Å². The number of rotatable bonds is 7. The number of aromatic amines is 1. The highest BCUT2D eigenvalue weighted by atomic mass is 35.5. The first-order valence-electron chi connectivity index (χ1n) is 10.7. The lowest BCUT2D eigenvalue weighted by Gasteiger charge is -2.26. The molecule has 1 aliphatic carbocycles. The Labute approximate surface area is 187 Å². The summed E-state index contributed by atoms with van der Waals surface area (Å²) >= 11 is 11.8. The molecule has 2 heterocycles. The van der Waals surface area contributed by atoms with Gasteiger partial charge in [0.15, 0.2) is 11.0 Å². The van der Waals surface area contributed by atoms with Crippen molar-refractivity contribution >= 4 is 34.6 Å². The van der Waals surface area contributed by atoms with Crippen molar-refractivity contribution in [3.05, 3.63) is 57.1 Å². The largest absolute Gasteiger partial charge is 0.379 e. The monoisotopic (exact) mass is 447 g/mol. The molecule has 0 saturated carbocycles. The highest BCUT2D eigenvalue weighted by Crippen LogP contribution is 2.31. The zero-order chi connectivity index (χ0) is 20.9. The number of H-pyrrole nitrogens is 1. The number of nitrogens with one attached hydrogen (secondary N) is 1. The van der Waals surface area contributed by atoms with Crippen molar-refractivity contribution in [3.8, 4) is 0 Å².